The highest BCUT2D eigenvalue weighted by atomic mass is 79.9. The molecule has 0 unspecified atom stereocenters. The van der Waals surface area contributed by atoms with Gasteiger partial charge in [0.25, 0.3) is 0 Å². The second kappa shape index (κ2) is 4.93. The van der Waals surface area contributed by atoms with Crippen molar-refractivity contribution in [1.29, 1.82) is 0 Å². The smallest absolute Gasteiger partial charge is 0.304 e. The molecule has 7 heteroatoms. The Morgan fingerprint density at radius 2 is 2.06 bits per heavy atom. The lowest BCUT2D eigenvalue weighted by atomic mass is 10.1. The van der Waals surface area contributed by atoms with Gasteiger partial charge in [-0.15, -0.1) is 0 Å². The molecule has 2 rings (SSSR count). The van der Waals surface area contributed by atoms with Crippen LogP contribution in [0.3, 0.4) is 0 Å². The fraction of sp³-hybridized carbons (Fsp3) is 0.182. The van der Waals surface area contributed by atoms with E-state index in [2.05, 4.69) is 20.9 Å². The summed E-state index contributed by atoms with van der Waals surface area (Å²) in [5.41, 5.74) is -0.261. The third-order valence-electron chi connectivity index (χ3n) is 2.32. The van der Waals surface area contributed by atoms with E-state index >= 15 is 0 Å². The lowest BCUT2D eigenvalue weighted by molar-refractivity contribution is -0.137. The fourth-order valence-corrected chi connectivity index (χ4v) is 2.12. The van der Waals surface area contributed by atoms with Crippen molar-refractivity contribution >= 4 is 27.5 Å². The van der Waals surface area contributed by atoms with Crippen molar-refractivity contribution < 1.29 is 13.2 Å². The molecule has 0 saturated heterocycles. The molecule has 0 radical (unpaired) electrons. The van der Waals surface area contributed by atoms with Crippen LogP contribution >= 0.6 is 27.5 Å². The van der Waals surface area contributed by atoms with E-state index in [4.69, 9.17) is 11.6 Å². The largest absolute Gasteiger partial charge is 0.418 e. The van der Waals surface area contributed by atoms with Crippen LogP contribution in [0.2, 0.25) is 5.02 Å². The summed E-state index contributed by atoms with van der Waals surface area (Å²) in [6.45, 7) is 0. The van der Waals surface area contributed by atoms with Crippen LogP contribution < -0.4 is 0 Å². The second-order valence-corrected chi connectivity index (χ2v) is 4.51. The molecule has 2 nitrogen and oxygen atoms in total. The van der Waals surface area contributed by atoms with Gasteiger partial charge < -0.3 is 4.57 Å². The zero-order valence-corrected chi connectivity index (χ0v) is 11.2. The van der Waals surface area contributed by atoms with Crippen LogP contribution in [0.5, 0.6) is 0 Å². The number of alkyl halides is 4. The summed E-state index contributed by atoms with van der Waals surface area (Å²) in [5, 5.41) is 0.495. The van der Waals surface area contributed by atoms with Crippen LogP contribution in [0, 0.1) is 0 Å². The Morgan fingerprint density at radius 1 is 1.33 bits per heavy atom. The summed E-state index contributed by atoms with van der Waals surface area (Å²) in [4.78, 5) is 3.97. The molecule has 1 aromatic heterocycles. The monoisotopic (exact) mass is 338 g/mol. The molecule has 2 aromatic rings. The second-order valence-electron chi connectivity index (χ2n) is 3.54. The summed E-state index contributed by atoms with van der Waals surface area (Å²) in [7, 11) is 0. The van der Waals surface area contributed by atoms with Crippen LogP contribution in [0.15, 0.2) is 30.7 Å². The maximum absolute atomic E-state index is 12.9. The maximum atomic E-state index is 12.9. The van der Waals surface area contributed by atoms with Crippen LogP contribution in [0.4, 0.5) is 13.2 Å². The van der Waals surface area contributed by atoms with Crippen molar-refractivity contribution in [3.05, 3.63) is 47.0 Å². The van der Waals surface area contributed by atoms with Gasteiger partial charge >= 0.3 is 6.18 Å². The molecule has 0 saturated carbocycles. The van der Waals surface area contributed by atoms with Crippen molar-refractivity contribution in [2.45, 2.75) is 11.5 Å². The lowest BCUT2D eigenvalue weighted by Gasteiger charge is -2.14. The van der Waals surface area contributed by atoms with E-state index < -0.39 is 11.7 Å². The predicted octanol–water partition coefficient (Wildman–Crippen LogP) is 4.44. The first kappa shape index (κ1) is 13.4. The molecule has 96 valence electrons. The van der Waals surface area contributed by atoms with E-state index in [9.17, 15) is 13.2 Å². The predicted molar refractivity (Wildman–Crippen MR) is 66.2 cm³/mol. The van der Waals surface area contributed by atoms with Gasteiger partial charge in [0.2, 0.25) is 0 Å². The minimum atomic E-state index is -4.46. The number of hydrogen-bond donors (Lipinski definition) is 0. The molecule has 0 fully saturated rings. The minimum Gasteiger partial charge on any atom is -0.304 e. The minimum absolute atomic E-state index is 0.0309. The van der Waals surface area contributed by atoms with Gasteiger partial charge in [-0.2, -0.15) is 13.2 Å². The summed E-state index contributed by atoms with van der Waals surface area (Å²) in [5.74, 6) is 0. The zero-order chi connectivity index (χ0) is 13.3. The molecule has 18 heavy (non-hydrogen) atoms. The number of aromatic nitrogens is 2. The fourth-order valence-electron chi connectivity index (χ4n) is 1.56. The van der Waals surface area contributed by atoms with E-state index in [0.717, 1.165) is 6.07 Å². The first-order chi connectivity index (χ1) is 8.43. The highest BCUT2D eigenvalue weighted by Crippen LogP contribution is 2.37. The molecular formula is C11H7BrClF3N2. The Bertz CT molecular complexity index is 566. The SMILES string of the molecule is FC(F)(F)c1cccc(Cl)c1-n1cnc(CBr)c1. The van der Waals surface area contributed by atoms with Crippen LogP contribution in [0.25, 0.3) is 5.69 Å². The van der Waals surface area contributed by atoms with E-state index in [1.165, 1.54) is 29.2 Å². The molecule has 0 bridgehead atoms. The number of nitrogens with zero attached hydrogens (tertiary/aromatic N) is 2. The van der Waals surface area contributed by atoms with Crippen molar-refractivity contribution in [2.75, 3.05) is 0 Å². The highest BCUT2D eigenvalue weighted by Gasteiger charge is 2.34. The molecule has 0 aliphatic heterocycles. The number of imidazole rings is 1. The molecule has 0 N–H and O–H groups in total. The van der Waals surface area contributed by atoms with Crippen LogP contribution in [0.1, 0.15) is 11.3 Å². The molecule has 0 amide bonds. The van der Waals surface area contributed by atoms with Crippen LogP contribution in [-0.2, 0) is 11.5 Å². The lowest BCUT2D eigenvalue weighted by Crippen LogP contribution is -2.10. The number of halogens is 5. The number of hydrogen-bond acceptors (Lipinski definition) is 1. The molecule has 0 atom stereocenters. The van der Waals surface area contributed by atoms with Gasteiger partial charge in [-0.25, -0.2) is 4.98 Å². The summed E-state index contributed by atoms with van der Waals surface area (Å²) in [6.07, 6.45) is -1.64. The van der Waals surface area contributed by atoms with Crippen molar-refractivity contribution in [3.8, 4) is 5.69 Å². The molecular weight excluding hydrogens is 332 g/mol. The molecule has 0 spiro atoms. The number of benzene rings is 1. The average Bonchev–Trinajstić information content (AvgIpc) is 2.75. The number of para-hydroxylation sites is 1. The standard InChI is InChI=1S/C11H7BrClF3N2/c12-4-7-5-18(6-17-7)10-8(11(14,15)16)2-1-3-9(10)13/h1-3,5-6H,4H2. The summed E-state index contributed by atoms with van der Waals surface area (Å²) >= 11 is 9.05. The Balaban J connectivity index is 2.62. The third kappa shape index (κ3) is 2.54. The average molecular weight is 340 g/mol. The van der Waals surface area contributed by atoms with Gasteiger partial charge in [0, 0.05) is 11.5 Å². The van der Waals surface area contributed by atoms with E-state index in [0.29, 0.717) is 11.0 Å². The van der Waals surface area contributed by atoms with Crippen molar-refractivity contribution in [2.24, 2.45) is 0 Å². The van der Waals surface area contributed by atoms with Gasteiger partial charge in [-0.3, -0.25) is 0 Å². The van der Waals surface area contributed by atoms with Crippen LogP contribution in [-0.4, -0.2) is 9.55 Å². The van der Waals surface area contributed by atoms with Crippen molar-refractivity contribution in [3.63, 3.8) is 0 Å². The Hall–Kier alpha value is -1.01. The highest BCUT2D eigenvalue weighted by molar-refractivity contribution is 9.08. The van der Waals surface area contributed by atoms with Crippen molar-refractivity contribution in [1.82, 2.24) is 9.55 Å². The Labute approximate surface area is 115 Å². The summed E-state index contributed by atoms with van der Waals surface area (Å²) < 4.78 is 40.0. The van der Waals surface area contributed by atoms with Gasteiger partial charge in [0.05, 0.1) is 28.3 Å². The molecule has 0 aliphatic carbocycles. The Kier molecular flexibility index (Phi) is 3.68. The maximum Gasteiger partial charge on any atom is 0.418 e. The van der Waals surface area contributed by atoms with E-state index in [1.807, 2.05) is 0 Å². The molecule has 1 heterocycles. The van der Waals surface area contributed by atoms with Gasteiger partial charge in [0.1, 0.15) is 0 Å². The van der Waals surface area contributed by atoms with E-state index in [-0.39, 0.29) is 10.7 Å². The third-order valence-corrected chi connectivity index (χ3v) is 3.20. The van der Waals surface area contributed by atoms with Gasteiger partial charge in [0.15, 0.2) is 0 Å². The zero-order valence-electron chi connectivity index (χ0n) is 8.88. The first-order valence-electron chi connectivity index (χ1n) is 4.88. The van der Waals surface area contributed by atoms with Gasteiger partial charge in [-0.1, -0.05) is 33.6 Å². The Morgan fingerprint density at radius 3 is 2.61 bits per heavy atom. The molecule has 1 aromatic carbocycles. The topological polar surface area (TPSA) is 17.8 Å². The quantitative estimate of drug-likeness (QED) is 0.740. The first-order valence-corrected chi connectivity index (χ1v) is 6.38. The number of rotatable bonds is 2. The molecule has 0 aliphatic rings. The summed E-state index contributed by atoms with van der Waals surface area (Å²) in [6, 6.07) is 3.69. The normalized spacial score (nSPS) is 11.8. The van der Waals surface area contributed by atoms with Gasteiger partial charge in [-0.05, 0) is 12.1 Å². The van der Waals surface area contributed by atoms with E-state index in [1.54, 1.807) is 0 Å².